The smallest absolute Gasteiger partial charge is 0.343 e. The van der Waals surface area contributed by atoms with Crippen molar-refractivity contribution in [1.82, 2.24) is 41.0 Å². The van der Waals surface area contributed by atoms with Gasteiger partial charge in [0.2, 0.25) is 23.6 Å². The summed E-state index contributed by atoms with van der Waals surface area (Å²) in [7, 11) is 0. The molecule has 9 rings (SSSR count). The van der Waals surface area contributed by atoms with E-state index in [2.05, 4.69) is 26.6 Å². The van der Waals surface area contributed by atoms with E-state index in [-0.39, 0.29) is 80.6 Å². The number of hydrogen-bond donors (Lipinski definition) is 6. The van der Waals surface area contributed by atoms with Gasteiger partial charge in [-0.2, -0.15) is 0 Å². The first kappa shape index (κ1) is 55.6. The average molecular weight is 1090 g/mol. The Morgan fingerprint density at radius 1 is 0.899 bits per heavy atom. The molecule has 0 radical (unpaired) electrons. The summed E-state index contributed by atoms with van der Waals surface area (Å²) in [5.41, 5.74) is 2.33. The number of esters is 2. The number of nitrogens with zero attached hydrogens (tertiary/aromatic N) is 3. The fourth-order valence-corrected chi connectivity index (χ4v) is 11.0. The Bertz CT molecular complexity index is 3240. The molecule has 0 saturated heterocycles. The van der Waals surface area contributed by atoms with Crippen LogP contribution in [0.15, 0.2) is 59.4 Å². The summed E-state index contributed by atoms with van der Waals surface area (Å²) in [6.45, 7) is 1.42. The lowest BCUT2D eigenvalue weighted by atomic mass is 9.81. The van der Waals surface area contributed by atoms with E-state index in [0.29, 0.717) is 90.3 Å². The van der Waals surface area contributed by atoms with E-state index in [1.54, 1.807) is 50.2 Å². The van der Waals surface area contributed by atoms with Gasteiger partial charge in [-0.05, 0) is 86.6 Å². The van der Waals surface area contributed by atoms with Crippen LogP contribution >= 0.6 is 0 Å². The van der Waals surface area contributed by atoms with Gasteiger partial charge in [0.05, 0.1) is 47.7 Å². The first-order valence-corrected chi connectivity index (χ1v) is 26.5. The number of aromatic nitrogens is 2. The van der Waals surface area contributed by atoms with Crippen LogP contribution in [0.4, 0.5) is 4.39 Å². The van der Waals surface area contributed by atoms with E-state index < -0.39 is 90.2 Å². The standard InChI is InChI=1S/C56H61FN8O14/c1-3-56(76)37-22-42-51-35(26-65(42)54(74)36(37)27-78-55(56)75)50-39(16-15-34-30(2)38(57)23-40(62-51)49(34)50)63-52(72)32-13-14-33(21-32)79-29-60-44(67)24-59-53(73)41(20-31-10-6-4-7-11-31)61-45(68)28-77-48(71)25-58-43(66)12-8-5-9-19-64-46(69)17-18-47(64)70/h4,6-7,10-11,17-18,22-23,32-33,39,41,76H,3,5,8-9,12-16,19-21,24-29H2,1-2H3,(H,58,66)(H,59,73)(H,60,67)(H,61,68)(H,63,72)/t32?,33?,39-,41-,56-/m0/s1. The predicted molar refractivity (Wildman–Crippen MR) is 277 cm³/mol. The number of rotatable bonds is 22. The van der Waals surface area contributed by atoms with Gasteiger partial charge < -0.3 is 50.5 Å². The van der Waals surface area contributed by atoms with E-state index >= 15 is 4.39 Å². The Morgan fingerprint density at radius 3 is 2.43 bits per heavy atom. The predicted octanol–water partition coefficient (Wildman–Crippen LogP) is 1.88. The van der Waals surface area contributed by atoms with Crippen molar-refractivity contribution in [1.29, 1.82) is 0 Å². The highest BCUT2D eigenvalue weighted by Crippen LogP contribution is 2.46. The third kappa shape index (κ3) is 12.0. The minimum Gasteiger partial charge on any atom is -0.458 e. The van der Waals surface area contributed by atoms with Gasteiger partial charge in [-0.1, -0.05) is 43.7 Å². The molecule has 2 aliphatic carbocycles. The monoisotopic (exact) mass is 1090 g/mol. The van der Waals surface area contributed by atoms with Crippen molar-refractivity contribution < 1.29 is 66.9 Å². The molecule has 7 amide bonds. The minimum absolute atomic E-state index is 0.0327. The van der Waals surface area contributed by atoms with Crippen molar-refractivity contribution in [2.24, 2.45) is 5.92 Å². The second-order valence-corrected chi connectivity index (χ2v) is 20.4. The number of carbonyl (C=O) groups excluding carboxylic acids is 9. The van der Waals surface area contributed by atoms with E-state index in [1.165, 1.54) is 22.8 Å². The number of aryl methyl sites for hydroxylation is 1. The van der Waals surface area contributed by atoms with Gasteiger partial charge in [0.1, 0.15) is 31.7 Å². The Balaban J connectivity index is 0.736. The normalized spacial score (nSPS) is 20.0. The zero-order valence-electron chi connectivity index (χ0n) is 43.7. The maximum atomic E-state index is 15.5. The molecule has 5 atom stereocenters. The number of carbonyl (C=O) groups is 9. The summed E-state index contributed by atoms with van der Waals surface area (Å²) >= 11 is 0. The van der Waals surface area contributed by atoms with Crippen LogP contribution in [0.1, 0.15) is 110 Å². The number of amides is 7. The largest absolute Gasteiger partial charge is 0.458 e. The van der Waals surface area contributed by atoms with Crippen LogP contribution < -0.4 is 32.1 Å². The summed E-state index contributed by atoms with van der Waals surface area (Å²) in [6, 6.07) is 10.0. The number of unbranched alkanes of at least 4 members (excludes halogenated alkanes) is 2. The molecule has 2 unspecified atom stereocenters. The van der Waals surface area contributed by atoms with Crippen LogP contribution in [0.25, 0.3) is 22.3 Å². The number of nitrogens with one attached hydrogen (secondary N) is 5. The molecule has 0 spiro atoms. The topological polar surface area (TPSA) is 300 Å². The Kier molecular flexibility index (Phi) is 16.8. The third-order valence-electron chi connectivity index (χ3n) is 15.4. The molecule has 2 aromatic heterocycles. The summed E-state index contributed by atoms with van der Waals surface area (Å²) in [6.07, 6.45) is 5.91. The first-order valence-electron chi connectivity index (χ1n) is 26.5. The van der Waals surface area contributed by atoms with Gasteiger partial charge in [-0.25, -0.2) is 14.2 Å². The van der Waals surface area contributed by atoms with Crippen molar-refractivity contribution in [2.45, 2.75) is 121 Å². The van der Waals surface area contributed by atoms with E-state index in [1.807, 2.05) is 0 Å². The van der Waals surface area contributed by atoms with Gasteiger partial charge >= 0.3 is 11.9 Å². The van der Waals surface area contributed by atoms with Gasteiger partial charge in [0, 0.05) is 60.0 Å². The molecule has 1 fully saturated rings. The van der Waals surface area contributed by atoms with Crippen LogP contribution in [0.5, 0.6) is 0 Å². The van der Waals surface area contributed by atoms with Crippen LogP contribution in [-0.4, -0.2) is 118 Å². The molecule has 4 aromatic rings. The van der Waals surface area contributed by atoms with Crippen molar-refractivity contribution in [3.05, 3.63) is 110 Å². The van der Waals surface area contributed by atoms with Crippen molar-refractivity contribution >= 4 is 64.2 Å². The Morgan fingerprint density at radius 2 is 1.67 bits per heavy atom. The van der Waals surface area contributed by atoms with Gasteiger partial charge in [0.25, 0.3) is 23.3 Å². The summed E-state index contributed by atoms with van der Waals surface area (Å²) < 4.78 is 33.2. The molecular weight excluding hydrogens is 1030 g/mol. The minimum atomic E-state index is -2.03. The lowest BCUT2D eigenvalue weighted by Gasteiger charge is -2.31. The second-order valence-electron chi connectivity index (χ2n) is 20.4. The molecule has 22 nitrogen and oxygen atoms in total. The van der Waals surface area contributed by atoms with Crippen LogP contribution in [0.3, 0.4) is 0 Å². The van der Waals surface area contributed by atoms with Crippen molar-refractivity contribution in [3.63, 3.8) is 0 Å². The number of imide groups is 1. The SMILES string of the molecule is CC[C@@]1(O)C(=O)OCc2c1cc1n(c2=O)Cc2c-1nc1cc(F)c(C)c3c1c2[C@@H](NC(=O)C1CCC(OCNC(=O)CNC(=O)[C@H](Cc2ccccc2)NC(=O)COC(=O)CNC(=O)CCCCCN2C(=O)C=CC2=O)C1)CC3. The Hall–Kier alpha value is -8.18. The number of pyridine rings is 2. The zero-order chi connectivity index (χ0) is 56.1. The van der Waals surface area contributed by atoms with Crippen molar-refractivity contribution in [2.75, 3.05) is 33.0 Å². The average Bonchev–Trinajstić information content (AvgIpc) is 3.45. The number of halogens is 1. The Labute approximate surface area is 452 Å². The number of fused-ring (bicyclic) bond motifs is 5. The second kappa shape index (κ2) is 23.8. The van der Waals surface area contributed by atoms with E-state index in [0.717, 1.165) is 16.0 Å². The molecule has 2 aromatic carbocycles. The number of aliphatic hydroxyl groups is 1. The maximum absolute atomic E-state index is 15.5. The molecule has 3 aliphatic heterocycles. The molecule has 79 heavy (non-hydrogen) atoms. The number of benzene rings is 2. The molecule has 0 bridgehead atoms. The van der Waals surface area contributed by atoms with Crippen LogP contribution in [0, 0.1) is 18.7 Å². The van der Waals surface area contributed by atoms with E-state index in [9.17, 15) is 53.1 Å². The maximum Gasteiger partial charge on any atom is 0.343 e. The summed E-state index contributed by atoms with van der Waals surface area (Å²) in [4.78, 5) is 134. The highest BCUT2D eigenvalue weighted by atomic mass is 19.1. The highest BCUT2D eigenvalue weighted by molar-refractivity contribution is 6.12. The van der Waals surface area contributed by atoms with Crippen LogP contribution in [-0.2, 0) is 89.0 Å². The molecule has 5 aliphatic rings. The van der Waals surface area contributed by atoms with Gasteiger partial charge in [-0.3, -0.25) is 48.1 Å². The van der Waals surface area contributed by atoms with E-state index in [4.69, 9.17) is 19.2 Å². The third-order valence-corrected chi connectivity index (χ3v) is 15.4. The molecule has 5 heterocycles. The first-order chi connectivity index (χ1) is 37.9. The fraction of sp³-hybridized carbons (Fsp3) is 0.446. The van der Waals surface area contributed by atoms with Gasteiger partial charge in [-0.15, -0.1) is 0 Å². The fourth-order valence-electron chi connectivity index (χ4n) is 11.0. The number of ether oxygens (including phenoxy) is 3. The number of hydrogen-bond acceptors (Lipinski definition) is 15. The summed E-state index contributed by atoms with van der Waals surface area (Å²) in [5, 5.41) is 25.5. The highest BCUT2D eigenvalue weighted by Gasteiger charge is 2.46. The quantitative estimate of drug-likeness (QED) is 0.0250. The van der Waals surface area contributed by atoms with Gasteiger partial charge in [0.15, 0.2) is 12.2 Å². The van der Waals surface area contributed by atoms with Crippen molar-refractivity contribution in [3.8, 4) is 11.4 Å². The number of cyclic esters (lactones) is 1. The molecule has 23 heteroatoms. The summed E-state index contributed by atoms with van der Waals surface area (Å²) in [5.74, 6) is -6.11. The molecular formula is C56H61FN8O14. The lowest BCUT2D eigenvalue weighted by Crippen LogP contribution is -2.51. The zero-order valence-corrected chi connectivity index (χ0v) is 43.7. The lowest BCUT2D eigenvalue weighted by molar-refractivity contribution is -0.172. The molecule has 6 N–H and O–H groups in total. The van der Waals surface area contributed by atoms with Crippen LogP contribution in [0.2, 0.25) is 0 Å². The molecule has 416 valence electrons. The molecule has 1 saturated carbocycles.